The van der Waals surface area contributed by atoms with Crippen LogP contribution in [-0.4, -0.2) is 24.6 Å². The van der Waals surface area contributed by atoms with Crippen molar-refractivity contribution in [3.05, 3.63) is 12.2 Å². The maximum Gasteiger partial charge on any atom is 0.302 e. The van der Waals surface area contributed by atoms with E-state index in [1.165, 1.54) is 56.9 Å². The van der Waals surface area contributed by atoms with E-state index in [0.717, 1.165) is 12.8 Å². The average Bonchev–Trinajstić information content (AvgIpc) is 3.20. The van der Waals surface area contributed by atoms with Crippen LogP contribution in [0.5, 0.6) is 0 Å². The molecule has 4 nitrogen and oxygen atoms in total. The Bertz CT molecular complexity index is 998. The minimum Gasteiger partial charge on any atom is -0.465 e. The summed E-state index contributed by atoms with van der Waals surface area (Å²) in [7, 11) is 0. The van der Waals surface area contributed by atoms with Crippen molar-refractivity contribution in [3.63, 3.8) is 0 Å². The predicted molar refractivity (Wildman–Crippen MR) is 151 cm³/mol. The molecule has 4 heteroatoms. The molecule has 5 fully saturated rings. The van der Waals surface area contributed by atoms with Gasteiger partial charge in [-0.15, -0.1) is 0 Å². The van der Waals surface area contributed by atoms with Crippen molar-refractivity contribution in [2.45, 2.75) is 126 Å². The van der Waals surface area contributed by atoms with E-state index in [0.29, 0.717) is 41.6 Å². The quantitative estimate of drug-likeness (QED) is 0.274. The van der Waals surface area contributed by atoms with Crippen LogP contribution in [0.1, 0.15) is 120 Å². The molecule has 0 heterocycles. The van der Waals surface area contributed by atoms with Gasteiger partial charge in [0.25, 0.3) is 0 Å². The highest BCUT2D eigenvalue weighted by Crippen LogP contribution is 2.77. The van der Waals surface area contributed by atoms with Crippen LogP contribution < -0.4 is 0 Å². The molecule has 38 heavy (non-hydrogen) atoms. The summed E-state index contributed by atoms with van der Waals surface area (Å²) < 4.78 is 11.7. The van der Waals surface area contributed by atoms with Crippen LogP contribution >= 0.6 is 0 Å². The lowest BCUT2D eigenvalue weighted by atomic mass is 9.32. The van der Waals surface area contributed by atoms with Gasteiger partial charge in [0.2, 0.25) is 0 Å². The van der Waals surface area contributed by atoms with Crippen molar-refractivity contribution >= 4 is 11.9 Å². The van der Waals surface area contributed by atoms with Crippen molar-refractivity contribution < 1.29 is 19.1 Å². The molecule has 5 saturated carbocycles. The first-order valence-electron chi connectivity index (χ1n) is 15.6. The van der Waals surface area contributed by atoms with E-state index < -0.39 is 0 Å². The lowest BCUT2D eigenvalue weighted by molar-refractivity contribution is -0.252. The Morgan fingerprint density at radius 2 is 1.47 bits per heavy atom. The first-order valence-corrected chi connectivity index (χ1v) is 15.6. The molecule has 0 bridgehead atoms. The van der Waals surface area contributed by atoms with E-state index in [1.807, 2.05) is 0 Å². The number of fused-ring (bicyclic) bond motifs is 7. The number of carbonyl (C=O) groups is 2. The summed E-state index contributed by atoms with van der Waals surface area (Å²) >= 11 is 0. The molecule has 0 aromatic carbocycles. The van der Waals surface area contributed by atoms with Gasteiger partial charge in [0, 0.05) is 24.7 Å². The second-order valence-electron chi connectivity index (χ2n) is 15.8. The van der Waals surface area contributed by atoms with Crippen LogP contribution in [0, 0.1) is 56.7 Å². The lowest BCUT2D eigenvalue weighted by Crippen LogP contribution is -2.67. The standard InChI is InChI=1S/C34H54O4/c1-21(2)24-12-17-34(20-37-22(3)35)19-18-32(8)25(29(24)34)10-11-27-31(7)15-14-28(38-23(4)36)30(5,6)26(31)13-16-33(27,32)9/h24-29H,1,10-20H2,2-9H3/t24?,25?,26?,27?,28?,29?,31-,32+,33+,34?/m0/s1. The molecule has 0 amide bonds. The van der Waals surface area contributed by atoms with Crippen molar-refractivity contribution in [3.8, 4) is 0 Å². The number of allylic oxidation sites excluding steroid dienone is 1. The zero-order valence-electron chi connectivity index (χ0n) is 25.6. The molecular weight excluding hydrogens is 472 g/mol. The van der Waals surface area contributed by atoms with Gasteiger partial charge in [-0.25, -0.2) is 0 Å². The molecule has 5 aliphatic rings. The molecule has 0 spiro atoms. The highest BCUT2D eigenvalue weighted by molar-refractivity contribution is 5.66. The Hall–Kier alpha value is -1.32. The second kappa shape index (κ2) is 9.10. The average molecular weight is 527 g/mol. The molecule has 0 aliphatic heterocycles. The van der Waals surface area contributed by atoms with Crippen LogP contribution in [0.4, 0.5) is 0 Å². The van der Waals surface area contributed by atoms with Crippen LogP contribution in [0.15, 0.2) is 12.2 Å². The minimum absolute atomic E-state index is 0.00000109. The third-order valence-electron chi connectivity index (χ3n) is 14.0. The zero-order chi connectivity index (χ0) is 27.9. The lowest BCUT2D eigenvalue weighted by Gasteiger charge is -2.73. The number of hydrogen-bond donors (Lipinski definition) is 0. The maximum absolute atomic E-state index is 11.9. The van der Waals surface area contributed by atoms with Crippen molar-refractivity contribution in [1.82, 2.24) is 0 Å². The SMILES string of the molecule is C=C(C)C1CCC2(COC(C)=O)CC[C@]3(C)C(CCC4[C@@]5(C)CCC(OC(C)=O)C(C)(C)C5CC[C@]43C)C12. The summed E-state index contributed by atoms with van der Waals surface area (Å²) in [6.07, 6.45) is 12.0. The monoisotopic (exact) mass is 526 g/mol. The molecule has 0 saturated heterocycles. The number of rotatable bonds is 4. The molecule has 5 rings (SSSR count). The van der Waals surface area contributed by atoms with Crippen molar-refractivity contribution in [2.75, 3.05) is 6.61 Å². The topological polar surface area (TPSA) is 52.6 Å². The van der Waals surface area contributed by atoms with E-state index in [2.05, 4.69) is 48.1 Å². The fraction of sp³-hybridized carbons (Fsp3) is 0.882. The maximum atomic E-state index is 11.9. The van der Waals surface area contributed by atoms with Crippen molar-refractivity contribution in [2.24, 2.45) is 56.7 Å². The molecule has 10 atom stereocenters. The Balaban J connectivity index is 1.49. The molecular formula is C34H54O4. The summed E-state index contributed by atoms with van der Waals surface area (Å²) in [6.45, 7) is 23.1. The summed E-state index contributed by atoms with van der Waals surface area (Å²) in [5.41, 5.74) is 2.30. The summed E-state index contributed by atoms with van der Waals surface area (Å²) in [6, 6.07) is 0. The molecule has 5 aliphatic carbocycles. The van der Waals surface area contributed by atoms with E-state index in [1.54, 1.807) is 13.8 Å². The number of hydrogen-bond acceptors (Lipinski definition) is 4. The first kappa shape index (κ1) is 28.2. The molecule has 0 N–H and O–H groups in total. The molecule has 7 unspecified atom stereocenters. The largest absolute Gasteiger partial charge is 0.465 e. The first-order chi connectivity index (χ1) is 17.6. The molecule has 214 valence electrons. The Kier molecular flexibility index (Phi) is 6.76. The Morgan fingerprint density at radius 1 is 0.763 bits per heavy atom. The van der Waals surface area contributed by atoms with Gasteiger partial charge in [-0.05, 0) is 117 Å². The molecule has 0 aromatic rings. The highest BCUT2D eigenvalue weighted by atomic mass is 16.5. The van der Waals surface area contributed by atoms with Crippen LogP contribution in [0.3, 0.4) is 0 Å². The third-order valence-corrected chi connectivity index (χ3v) is 14.0. The van der Waals surface area contributed by atoms with Gasteiger partial charge in [0.05, 0.1) is 6.61 Å². The predicted octanol–water partition coefficient (Wildman–Crippen LogP) is 8.14. The van der Waals surface area contributed by atoms with E-state index >= 15 is 0 Å². The van der Waals surface area contributed by atoms with Gasteiger partial charge in [0.15, 0.2) is 0 Å². The second-order valence-corrected chi connectivity index (χ2v) is 15.8. The highest BCUT2D eigenvalue weighted by Gasteiger charge is 2.71. The Morgan fingerprint density at radius 3 is 2.11 bits per heavy atom. The van der Waals surface area contributed by atoms with Gasteiger partial charge in [0.1, 0.15) is 6.10 Å². The Labute approximate surface area is 232 Å². The molecule has 0 aromatic heterocycles. The van der Waals surface area contributed by atoms with Gasteiger partial charge in [-0.1, -0.05) is 46.8 Å². The summed E-state index contributed by atoms with van der Waals surface area (Å²) in [5, 5.41) is 0. The van der Waals surface area contributed by atoms with Gasteiger partial charge in [-0.2, -0.15) is 0 Å². The van der Waals surface area contributed by atoms with E-state index in [4.69, 9.17) is 9.47 Å². The van der Waals surface area contributed by atoms with Crippen molar-refractivity contribution in [1.29, 1.82) is 0 Å². The summed E-state index contributed by atoms with van der Waals surface area (Å²) in [5.74, 6) is 2.76. The minimum atomic E-state index is -0.140. The number of esters is 2. The molecule has 0 radical (unpaired) electrons. The van der Waals surface area contributed by atoms with Gasteiger partial charge >= 0.3 is 11.9 Å². The fourth-order valence-corrected chi connectivity index (χ4v) is 12.2. The summed E-state index contributed by atoms with van der Waals surface area (Å²) in [4.78, 5) is 23.8. The number of carbonyl (C=O) groups excluding carboxylic acids is 2. The third kappa shape index (κ3) is 3.80. The smallest absolute Gasteiger partial charge is 0.302 e. The normalized spacial score (nSPS) is 49.1. The van der Waals surface area contributed by atoms with E-state index in [-0.39, 0.29) is 39.7 Å². The fourth-order valence-electron chi connectivity index (χ4n) is 12.2. The van der Waals surface area contributed by atoms with Crippen LogP contribution in [0.25, 0.3) is 0 Å². The van der Waals surface area contributed by atoms with Gasteiger partial charge in [-0.3, -0.25) is 9.59 Å². The zero-order valence-corrected chi connectivity index (χ0v) is 25.6. The van der Waals surface area contributed by atoms with Crippen LogP contribution in [0.2, 0.25) is 0 Å². The van der Waals surface area contributed by atoms with Crippen LogP contribution in [-0.2, 0) is 19.1 Å². The van der Waals surface area contributed by atoms with E-state index in [9.17, 15) is 9.59 Å². The number of ether oxygens (including phenoxy) is 2. The van der Waals surface area contributed by atoms with Gasteiger partial charge < -0.3 is 9.47 Å².